The third kappa shape index (κ3) is 1.80. The molecule has 1 unspecified atom stereocenters. The molecule has 13 heavy (non-hydrogen) atoms. The molecule has 0 aromatic heterocycles. The van der Waals surface area contributed by atoms with Crippen LogP contribution in [-0.2, 0) is 4.79 Å². The number of nitrogens with one attached hydrogen (secondary N) is 1. The van der Waals surface area contributed by atoms with E-state index in [2.05, 4.69) is 5.32 Å². The van der Waals surface area contributed by atoms with E-state index in [-0.39, 0.29) is 25.0 Å². The van der Waals surface area contributed by atoms with E-state index in [4.69, 9.17) is 5.11 Å². The molecule has 2 N–H and O–H groups in total. The van der Waals surface area contributed by atoms with Crippen molar-refractivity contribution in [2.75, 3.05) is 13.2 Å². The monoisotopic (exact) mass is 186 g/mol. The van der Waals surface area contributed by atoms with Gasteiger partial charge in [0, 0.05) is 6.54 Å². The van der Waals surface area contributed by atoms with Gasteiger partial charge < -0.3 is 10.0 Å². The molecule has 0 radical (unpaired) electrons. The SMILES string of the molecule is CC(C)C1C(=O)NC(=O)N1CCO. The van der Waals surface area contributed by atoms with Crippen molar-refractivity contribution in [3.05, 3.63) is 0 Å². The first-order chi connectivity index (χ1) is 6.07. The van der Waals surface area contributed by atoms with Crippen molar-refractivity contribution < 1.29 is 14.7 Å². The molecule has 0 saturated carbocycles. The van der Waals surface area contributed by atoms with Crippen molar-refractivity contribution >= 4 is 11.9 Å². The molecule has 5 heteroatoms. The first kappa shape index (κ1) is 9.98. The molecule has 1 fully saturated rings. The van der Waals surface area contributed by atoms with Gasteiger partial charge in [0.15, 0.2) is 0 Å². The minimum Gasteiger partial charge on any atom is -0.395 e. The number of aliphatic hydroxyl groups excluding tert-OH is 1. The molecule has 1 aliphatic heterocycles. The summed E-state index contributed by atoms with van der Waals surface area (Å²) in [6.45, 7) is 3.82. The topological polar surface area (TPSA) is 69.6 Å². The fraction of sp³-hybridized carbons (Fsp3) is 0.750. The molecule has 0 aliphatic carbocycles. The average Bonchev–Trinajstić information content (AvgIpc) is 2.27. The van der Waals surface area contributed by atoms with Crippen molar-refractivity contribution in [3.63, 3.8) is 0 Å². The molecule has 1 aliphatic rings. The van der Waals surface area contributed by atoms with Gasteiger partial charge in [-0.05, 0) is 5.92 Å². The highest BCUT2D eigenvalue weighted by Gasteiger charge is 2.39. The van der Waals surface area contributed by atoms with Crippen molar-refractivity contribution in [1.29, 1.82) is 0 Å². The van der Waals surface area contributed by atoms with Crippen molar-refractivity contribution in [2.45, 2.75) is 19.9 Å². The summed E-state index contributed by atoms with van der Waals surface area (Å²) in [5.74, 6) is -0.202. The third-order valence-corrected chi connectivity index (χ3v) is 2.07. The smallest absolute Gasteiger partial charge is 0.324 e. The standard InChI is InChI=1S/C8H14N2O3/c1-5(2)6-7(12)9-8(13)10(6)3-4-11/h5-6,11H,3-4H2,1-2H3,(H,9,12,13). The number of urea groups is 1. The second-order valence-electron chi connectivity index (χ2n) is 3.40. The molecule has 3 amide bonds. The maximum Gasteiger partial charge on any atom is 0.324 e. The van der Waals surface area contributed by atoms with E-state index in [1.165, 1.54) is 4.90 Å². The summed E-state index contributed by atoms with van der Waals surface area (Å²) < 4.78 is 0. The van der Waals surface area contributed by atoms with E-state index in [9.17, 15) is 9.59 Å². The van der Waals surface area contributed by atoms with E-state index < -0.39 is 12.1 Å². The Morgan fingerprint density at radius 1 is 1.54 bits per heavy atom. The fourth-order valence-corrected chi connectivity index (χ4v) is 1.53. The quantitative estimate of drug-likeness (QED) is 0.587. The Morgan fingerprint density at radius 2 is 2.15 bits per heavy atom. The maximum atomic E-state index is 11.3. The minimum atomic E-state index is -0.431. The summed E-state index contributed by atoms with van der Waals surface area (Å²) in [5.41, 5.74) is 0. The van der Waals surface area contributed by atoms with Crippen molar-refractivity contribution in [1.82, 2.24) is 10.2 Å². The number of amides is 3. The largest absolute Gasteiger partial charge is 0.395 e. The summed E-state index contributed by atoms with van der Waals surface area (Å²) in [6, 6.07) is -0.836. The Bertz CT molecular complexity index is 227. The zero-order chi connectivity index (χ0) is 10.0. The number of carbonyl (C=O) groups is 2. The van der Waals surface area contributed by atoms with Crippen LogP contribution in [0.15, 0.2) is 0 Å². The van der Waals surface area contributed by atoms with Crippen LogP contribution in [0.3, 0.4) is 0 Å². The van der Waals surface area contributed by atoms with Crippen LogP contribution in [0.25, 0.3) is 0 Å². The van der Waals surface area contributed by atoms with Crippen LogP contribution in [-0.4, -0.2) is 41.1 Å². The Balaban J connectivity index is 2.77. The van der Waals surface area contributed by atoms with Gasteiger partial charge in [0.1, 0.15) is 6.04 Å². The maximum absolute atomic E-state index is 11.3. The molecule has 1 heterocycles. The highest BCUT2D eigenvalue weighted by atomic mass is 16.3. The van der Waals surface area contributed by atoms with Crippen LogP contribution in [0.2, 0.25) is 0 Å². The van der Waals surface area contributed by atoms with Crippen molar-refractivity contribution in [3.8, 4) is 0 Å². The molecular weight excluding hydrogens is 172 g/mol. The second-order valence-corrected chi connectivity index (χ2v) is 3.40. The van der Waals surface area contributed by atoms with E-state index in [0.717, 1.165) is 0 Å². The van der Waals surface area contributed by atoms with Gasteiger partial charge in [-0.15, -0.1) is 0 Å². The number of imide groups is 1. The number of nitrogens with zero attached hydrogens (tertiary/aromatic N) is 1. The van der Waals surface area contributed by atoms with E-state index >= 15 is 0 Å². The number of rotatable bonds is 3. The normalized spacial score (nSPS) is 22.8. The molecular formula is C8H14N2O3. The molecule has 0 spiro atoms. The lowest BCUT2D eigenvalue weighted by Gasteiger charge is -2.23. The summed E-state index contributed by atoms with van der Waals surface area (Å²) in [5, 5.41) is 10.9. The Morgan fingerprint density at radius 3 is 2.62 bits per heavy atom. The first-order valence-electron chi connectivity index (χ1n) is 4.30. The Hall–Kier alpha value is -1.10. The third-order valence-electron chi connectivity index (χ3n) is 2.07. The van der Waals surface area contributed by atoms with Crippen LogP contribution >= 0.6 is 0 Å². The van der Waals surface area contributed by atoms with Crippen LogP contribution in [0, 0.1) is 5.92 Å². The van der Waals surface area contributed by atoms with E-state index in [0.29, 0.717) is 0 Å². The lowest BCUT2D eigenvalue weighted by Crippen LogP contribution is -2.40. The van der Waals surface area contributed by atoms with Crippen LogP contribution in [0.4, 0.5) is 4.79 Å². The Kier molecular flexibility index (Phi) is 2.87. The van der Waals surface area contributed by atoms with E-state index in [1.807, 2.05) is 13.8 Å². The van der Waals surface area contributed by atoms with Crippen molar-refractivity contribution in [2.24, 2.45) is 5.92 Å². The van der Waals surface area contributed by atoms with Crippen LogP contribution in [0.1, 0.15) is 13.8 Å². The highest BCUT2D eigenvalue weighted by molar-refractivity contribution is 6.04. The lowest BCUT2D eigenvalue weighted by molar-refractivity contribution is -0.122. The molecule has 0 aromatic rings. The Labute approximate surface area is 76.7 Å². The van der Waals surface area contributed by atoms with Gasteiger partial charge in [0.2, 0.25) is 0 Å². The van der Waals surface area contributed by atoms with Gasteiger partial charge in [-0.1, -0.05) is 13.8 Å². The molecule has 5 nitrogen and oxygen atoms in total. The van der Waals surface area contributed by atoms with Gasteiger partial charge in [-0.25, -0.2) is 4.79 Å². The highest BCUT2D eigenvalue weighted by Crippen LogP contribution is 2.15. The van der Waals surface area contributed by atoms with Gasteiger partial charge in [0.05, 0.1) is 6.61 Å². The fourth-order valence-electron chi connectivity index (χ4n) is 1.53. The average molecular weight is 186 g/mol. The molecule has 1 atom stereocenters. The van der Waals surface area contributed by atoms with Gasteiger partial charge in [-0.2, -0.15) is 0 Å². The minimum absolute atomic E-state index is 0.0676. The van der Waals surface area contributed by atoms with Gasteiger partial charge in [0.25, 0.3) is 5.91 Å². The lowest BCUT2D eigenvalue weighted by atomic mass is 10.0. The predicted octanol–water partition coefficient (Wildman–Crippen LogP) is -0.445. The summed E-state index contributed by atoms with van der Waals surface area (Å²) in [4.78, 5) is 23.8. The molecule has 1 rings (SSSR count). The summed E-state index contributed by atoms with van der Waals surface area (Å²) in [6.07, 6.45) is 0. The molecule has 1 saturated heterocycles. The summed E-state index contributed by atoms with van der Waals surface area (Å²) >= 11 is 0. The first-order valence-corrected chi connectivity index (χ1v) is 4.30. The number of hydrogen-bond donors (Lipinski definition) is 2. The second kappa shape index (κ2) is 3.74. The predicted molar refractivity (Wildman–Crippen MR) is 46.0 cm³/mol. The van der Waals surface area contributed by atoms with Gasteiger partial charge in [-0.3, -0.25) is 10.1 Å². The number of carbonyl (C=O) groups excluding carboxylic acids is 2. The van der Waals surface area contributed by atoms with Crippen LogP contribution in [0.5, 0.6) is 0 Å². The van der Waals surface area contributed by atoms with Crippen LogP contribution < -0.4 is 5.32 Å². The zero-order valence-corrected chi connectivity index (χ0v) is 7.78. The van der Waals surface area contributed by atoms with E-state index in [1.54, 1.807) is 0 Å². The molecule has 0 aromatic carbocycles. The summed E-state index contributed by atoms with van der Waals surface area (Å²) in [7, 11) is 0. The number of hydrogen-bond acceptors (Lipinski definition) is 3. The number of aliphatic hydroxyl groups is 1. The number of β-amino-alcohol motifs (C(OH)–C–C–N with tert-alkyl or cyclic N) is 1. The molecule has 74 valence electrons. The van der Waals surface area contributed by atoms with Gasteiger partial charge >= 0.3 is 6.03 Å². The molecule has 0 bridgehead atoms. The zero-order valence-electron chi connectivity index (χ0n) is 7.78.